The van der Waals surface area contributed by atoms with Crippen molar-refractivity contribution < 1.29 is 0 Å². The Balaban J connectivity index is 2.17. The zero-order chi connectivity index (χ0) is 12.3. The van der Waals surface area contributed by atoms with Crippen molar-refractivity contribution in [2.24, 2.45) is 0 Å². The third kappa shape index (κ3) is 3.31. The fraction of sp³-hybridized carbons (Fsp3) is 0.375. The molecule has 0 amide bonds. The molecule has 1 heteroatoms. The summed E-state index contributed by atoms with van der Waals surface area (Å²) in [6, 6.07) is 8.67. The molecule has 1 aromatic carbocycles. The monoisotopic (exact) mass is 227 g/mol. The van der Waals surface area contributed by atoms with Gasteiger partial charge in [-0.3, -0.25) is 0 Å². The highest BCUT2D eigenvalue weighted by molar-refractivity contribution is 5.72. The molecule has 1 aliphatic carbocycles. The summed E-state index contributed by atoms with van der Waals surface area (Å²) in [5, 5.41) is 3.55. The van der Waals surface area contributed by atoms with Gasteiger partial charge >= 0.3 is 0 Å². The van der Waals surface area contributed by atoms with E-state index in [-0.39, 0.29) is 5.54 Å². The number of benzene rings is 1. The van der Waals surface area contributed by atoms with Crippen molar-refractivity contribution >= 4 is 5.57 Å². The second-order valence-electron chi connectivity index (χ2n) is 5.58. The predicted octanol–water partition coefficient (Wildman–Crippen LogP) is 3.92. The van der Waals surface area contributed by atoms with E-state index in [1.165, 1.54) is 16.7 Å². The Morgan fingerprint density at radius 2 is 1.94 bits per heavy atom. The van der Waals surface area contributed by atoms with Gasteiger partial charge in [0.1, 0.15) is 0 Å². The van der Waals surface area contributed by atoms with Crippen LogP contribution in [-0.2, 0) is 6.54 Å². The molecule has 0 bridgehead atoms. The lowest BCUT2D eigenvalue weighted by Gasteiger charge is -2.22. The normalized spacial score (nSPS) is 15.1. The lowest BCUT2D eigenvalue weighted by Crippen LogP contribution is -2.35. The molecular weight excluding hydrogens is 206 g/mol. The quantitative estimate of drug-likeness (QED) is 0.825. The highest BCUT2D eigenvalue weighted by Gasteiger charge is 2.12. The molecular formula is C16H21N. The highest BCUT2D eigenvalue weighted by atomic mass is 14.9. The van der Waals surface area contributed by atoms with E-state index in [1.807, 2.05) is 0 Å². The molecule has 17 heavy (non-hydrogen) atoms. The van der Waals surface area contributed by atoms with Gasteiger partial charge in [-0.1, -0.05) is 42.5 Å². The first-order valence-corrected chi connectivity index (χ1v) is 6.25. The highest BCUT2D eigenvalue weighted by Crippen LogP contribution is 2.26. The Morgan fingerprint density at radius 3 is 2.59 bits per heavy atom. The van der Waals surface area contributed by atoms with Gasteiger partial charge in [0, 0.05) is 12.1 Å². The van der Waals surface area contributed by atoms with Crippen LogP contribution in [0.25, 0.3) is 5.57 Å². The standard InChI is InChI=1S/C16H21N/c1-16(2,3)17-12-14-10-6-7-11-15(14)13-8-4-5-9-13/h4-8,10-11,17H,9,12H2,1-3H3. The van der Waals surface area contributed by atoms with Crippen molar-refractivity contribution in [2.45, 2.75) is 39.3 Å². The van der Waals surface area contributed by atoms with Crippen LogP contribution in [0.1, 0.15) is 38.3 Å². The fourth-order valence-corrected chi connectivity index (χ4v) is 2.00. The molecule has 0 heterocycles. The SMILES string of the molecule is CC(C)(C)NCc1ccccc1C1=CC=CC1. The van der Waals surface area contributed by atoms with Gasteiger partial charge in [-0.15, -0.1) is 0 Å². The number of nitrogens with one attached hydrogen (secondary N) is 1. The maximum absolute atomic E-state index is 3.55. The summed E-state index contributed by atoms with van der Waals surface area (Å²) in [7, 11) is 0. The maximum atomic E-state index is 3.55. The maximum Gasteiger partial charge on any atom is 0.0216 e. The van der Waals surface area contributed by atoms with E-state index in [9.17, 15) is 0 Å². The van der Waals surface area contributed by atoms with Gasteiger partial charge in [-0.05, 0) is 43.9 Å². The number of hydrogen-bond donors (Lipinski definition) is 1. The van der Waals surface area contributed by atoms with Gasteiger partial charge in [-0.25, -0.2) is 0 Å². The number of rotatable bonds is 3. The molecule has 90 valence electrons. The van der Waals surface area contributed by atoms with Crippen LogP contribution in [0.4, 0.5) is 0 Å². The minimum atomic E-state index is 0.162. The lowest BCUT2D eigenvalue weighted by atomic mass is 9.98. The Hall–Kier alpha value is -1.34. The minimum Gasteiger partial charge on any atom is -0.308 e. The van der Waals surface area contributed by atoms with Crippen LogP contribution >= 0.6 is 0 Å². The van der Waals surface area contributed by atoms with Gasteiger partial charge in [-0.2, -0.15) is 0 Å². The predicted molar refractivity (Wildman–Crippen MR) is 74.8 cm³/mol. The Morgan fingerprint density at radius 1 is 1.18 bits per heavy atom. The molecule has 0 unspecified atom stereocenters. The Labute approximate surface area is 104 Å². The van der Waals surface area contributed by atoms with Crippen LogP contribution in [0.2, 0.25) is 0 Å². The third-order valence-electron chi connectivity index (χ3n) is 2.94. The molecule has 0 atom stereocenters. The average Bonchev–Trinajstić information content (AvgIpc) is 2.79. The lowest BCUT2D eigenvalue weighted by molar-refractivity contribution is 0.424. The summed E-state index contributed by atoms with van der Waals surface area (Å²) in [4.78, 5) is 0. The van der Waals surface area contributed by atoms with E-state index in [1.54, 1.807) is 0 Å². The van der Waals surface area contributed by atoms with E-state index in [2.05, 4.69) is 68.6 Å². The van der Waals surface area contributed by atoms with Crippen molar-refractivity contribution in [3.63, 3.8) is 0 Å². The second-order valence-corrected chi connectivity index (χ2v) is 5.58. The zero-order valence-electron chi connectivity index (χ0n) is 11.0. The summed E-state index contributed by atoms with van der Waals surface area (Å²) >= 11 is 0. The smallest absolute Gasteiger partial charge is 0.0216 e. The van der Waals surface area contributed by atoms with Gasteiger partial charge in [0.15, 0.2) is 0 Å². The molecule has 2 rings (SSSR count). The van der Waals surface area contributed by atoms with Gasteiger partial charge < -0.3 is 5.32 Å². The van der Waals surface area contributed by atoms with Gasteiger partial charge in [0.25, 0.3) is 0 Å². The molecule has 0 fully saturated rings. The van der Waals surface area contributed by atoms with E-state index in [4.69, 9.17) is 0 Å². The van der Waals surface area contributed by atoms with E-state index in [0.29, 0.717) is 0 Å². The van der Waals surface area contributed by atoms with E-state index >= 15 is 0 Å². The molecule has 0 saturated heterocycles. The molecule has 0 aliphatic heterocycles. The van der Waals surface area contributed by atoms with Crippen LogP contribution in [-0.4, -0.2) is 5.54 Å². The van der Waals surface area contributed by atoms with Crippen LogP contribution in [0.3, 0.4) is 0 Å². The van der Waals surface area contributed by atoms with E-state index < -0.39 is 0 Å². The van der Waals surface area contributed by atoms with Crippen LogP contribution < -0.4 is 5.32 Å². The van der Waals surface area contributed by atoms with E-state index in [0.717, 1.165) is 13.0 Å². The molecule has 0 spiro atoms. The summed E-state index contributed by atoms with van der Waals surface area (Å²) in [6.45, 7) is 7.53. The first-order chi connectivity index (χ1) is 8.06. The third-order valence-corrected chi connectivity index (χ3v) is 2.94. The summed E-state index contributed by atoms with van der Waals surface area (Å²) in [5.74, 6) is 0. The summed E-state index contributed by atoms with van der Waals surface area (Å²) in [6.07, 6.45) is 7.63. The Kier molecular flexibility index (Phi) is 3.49. The Bertz CT molecular complexity index is 447. The molecule has 1 nitrogen and oxygen atoms in total. The van der Waals surface area contributed by atoms with Crippen LogP contribution in [0, 0.1) is 0 Å². The van der Waals surface area contributed by atoms with Crippen LogP contribution in [0.15, 0.2) is 42.5 Å². The molecule has 0 radical (unpaired) electrons. The molecule has 1 aliphatic rings. The second kappa shape index (κ2) is 4.89. The molecule has 0 aromatic heterocycles. The van der Waals surface area contributed by atoms with Crippen molar-refractivity contribution in [1.29, 1.82) is 0 Å². The molecule has 1 N–H and O–H groups in total. The van der Waals surface area contributed by atoms with Crippen molar-refractivity contribution in [3.8, 4) is 0 Å². The average molecular weight is 227 g/mol. The summed E-state index contributed by atoms with van der Waals surface area (Å²) < 4.78 is 0. The number of allylic oxidation sites excluding steroid dienone is 4. The molecule has 0 saturated carbocycles. The van der Waals surface area contributed by atoms with Crippen molar-refractivity contribution in [1.82, 2.24) is 5.32 Å². The largest absolute Gasteiger partial charge is 0.308 e. The van der Waals surface area contributed by atoms with Gasteiger partial charge in [0.05, 0.1) is 0 Å². The zero-order valence-corrected chi connectivity index (χ0v) is 11.0. The first-order valence-electron chi connectivity index (χ1n) is 6.25. The van der Waals surface area contributed by atoms with Crippen molar-refractivity contribution in [3.05, 3.63) is 53.6 Å². The molecule has 1 aromatic rings. The summed E-state index contributed by atoms with van der Waals surface area (Å²) in [5.41, 5.74) is 4.36. The fourth-order valence-electron chi connectivity index (χ4n) is 2.00. The van der Waals surface area contributed by atoms with Gasteiger partial charge in [0.2, 0.25) is 0 Å². The van der Waals surface area contributed by atoms with Crippen LogP contribution in [0.5, 0.6) is 0 Å². The topological polar surface area (TPSA) is 12.0 Å². The first kappa shape index (κ1) is 12.1. The minimum absolute atomic E-state index is 0.162. The van der Waals surface area contributed by atoms with Crippen molar-refractivity contribution in [2.75, 3.05) is 0 Å². The number of hydrogen-bond acceptors (Lipinski definition) is 1.